The van der Waals surface area contributed by atoms with Gasteiger partial charge in [-0.3, -0.25) is 4.79 Å². The number of nitrogens with one attached hydrogen (secondary N) is 1. The predicted octanol–water partition coefficient (Wildman–Crippen LogP) is 5.75. The van der Waals surface area contributed by atoms with Gasteiger partial charge in [0.25, 0.3) is 5.91 Å². The van der Waals surface area contributed by atoms with E-state index in [9.17, 15) is 18.0 Å². The highest BCUT2D eigenvalue weighted by molar-refractivity contribution is 6.34. The highest BCUT2D eigenvalue weighted by Crippen LogP contribution is 2.35. The molecule has 0 atom stereocenters. The number of nitrogens with two attached hydrogens (primary N) is 1. The van der Waals surface area contributed by atoms with Crippen molar-refractivity contribution in [2.24, 2.45) is 7.05 Å². The van der Waals surface area contributed by atoms with Gasteiger partial charge >= 0.3 is 6.18 Å². The Morgan fingerprint density at radius 3 is 2.52 bits per heavy atom. The van der Waals surface area contributed by atoms with Gasteiger partial charge in [0, 0.05) is 23.5 Å². The number of carbonyl (C=O) groups is 1. The second kappa shape index (κ2) is 7.63. The molecule has 9 heteroatoms. The Morgan fingerprint density at radius 1 is 1.10 bits per heavy atom. The van der Waals surface area contributed by atoms with Crippen LogP contribution in [0.2, 0.25) is 5.02 Å². The van der Waals surface area contributed by atoms with E-state index in [2.05, 4.69) is 10.3 Å². The zero-order valence-electron chi connectivity index (χ0n) is 16.2. The van der Waals surface area contributed by atoms with E-state index >= 15 is 0 Å². The van der Waals surface area contributed by atoms with Gasteiger partial charge in [-0.1, -0.05) is 23.7 Å². The van der Waals surface area contributed by atoms with Crippen LogP contribution in [-0.2, 0) is 13.2 Å². The van der Waals surface area contributed by atoms with Crippen molar-refractivity contribution in [1.82, 2.24) is 9.55 Å². The van der Waals surface area contributed by atoms with Gasteiger partial charge in [-0.25, -0.2) is 4.98 Å². The number of nitrogen functional groups attached to an aromatic ring is 1. The minimum atomic E-state index is -4.42. The molecule has 0 aliphatic carbocycles. The standard InChI is InChI=1S/C22H16ClF3N4O/c1-30-17-8-6-13(22(24,25)26)10-12(17)11-18(30)15-7-9-19(28-20(15)27)29-21(31)14-4-2-3-5-16(14)23/h2-11H,1H3,(H3,27,28,29,31). The van der Waals surface area contributed by atoms with Gasteiger partial charge in [-0.15, -0.1) is 0 Å². The Morgan fingerprint density at radius 2 is 1.84 bits per heavy atom. The van der Waals surface area contributed by atoms with Crippen LogP contribution in [0.25, 0.3) is 22.2 Å². The number of fused-ring (bicyclic) bond motifs is 1. The summed E-state index contributed by atoms with van der Waals surface area (Å²) in [4.78, 5) is 16.6. The van der Waals surface area contributed by atoms with Crippen LogP contribution in [0.4, 0.5) is 24.8 Å². The summed E-state index contributed by atoms with van der Waals surface area (Å²) in [5.74, 6) is -0.0854. The monoisotopic (exact) mass is 444 g/mol. The summed E-state index contributed by atoms with van der Waals surface area (Å²) in [6, 6.07) is 15.0. The number of halogens is 4. The molecular weight excluding hydrogens is 429 g/mol. The van der Waals surface area contributed by atoms with Crippen LogP contribution in [0.15, 0.2) is 60.7 Å². The number of amides is 1. The van der Waals surface area contributed by atoms with E-state index in [1.807, 2.05) is 0 Å². The molecule has 5 nitrogen and oxygen atoms in total. The van der Waals surface area contributed by atoms with Crippen molar-refractivity contribution in [3.63, 3.8) is 0 Å². The number of aromatic nitrogens is 2. The summed E-state index contributed by atoms with van der Waals surface area (Å²) >= 11 is 6.04. The smallest absolute Gasteiger partial charge is 0.383 e. The largest absolute Gasteiger partial charge is 0.416 e. The first-order valence-corrected chi connectivity index (χ1v) is 9.52. The minimum absolute atomic E-state index is 0.124. The summed E-state index contributed by atoms with van der Waals surface area (Å²) < 4.78 is 40.8. The normalized spacial score (nSPS) is 11.6. The Bertz CT molecular complexity index is 1310. The lowest BCUT2D eigenvalue weighted by molar-refractivity contribution is -0.137. The maximum atomic E-state index is 13.0. The lowest BCUT2D eigenvalue weighted by Gasteiger charge is -2.10. The average molecular weight is 445 g/mol. The molecule has 0 unspecified atom stereocenters. The molecule has 0 aliphatic heterocycles. The molecule has 0 radical (unpaired) electrons. The first-order valence-electron chi connectivity index (χ1n) is 9.14. The first-order chi connectivity index (χ1) is 14.6. The highest BCUT2D eigenvalue weighted by atomic mass is 35.5. The summed E-state index contributed by atoms with van der Waals surface area (Å²) in [5, 5.41) is 3.37. The molecular formula is C22H16ClF3N4O. The summed E-state index contributed by atoms with van der Waals surface area (Å²) in [7, 11) is 1.73. The van der Waals surface area contributed by atoms with E-state index < -0.39 is 17.6 Å². The van der Waals surface area contributed by atoms with Gasteiger partial charge in [0.1, 0.15) is 11.6 Å². The van der Waals surface area contributed by atoms with Crippen LogP contribution in [0.5, 0.6) is 0 Å². The number of nitrogens with zero attached hydrogens (tertiary/aromatic N) is 2. The molecule has 2 aromatic heterocycles. The number of pyridine rings is 1. The second-order valence-corrected chi connectivity index (χ2v) is 7.33. The van der Waals surface area contributed by atoms with Crippen molar-refractivity contribution < 1.29 is 18.0 Å². The van der Waals surface area contributed by atoms with E-state index in [1.54, 1.807) is 54.1 Å². The summed E-state index contributed by atoms with van der Waals surface area (Å²) in [5.41, 5.74) is 7.43. The molecule has 158 valence electrons. The van der Waals surface area contributed by atoms with E-state index in [0.29, 0.717) is 32.7 Å². The maximum absolute atomic E-state index is 13.0. The molecule has 2 heterocycles. The quantitative estimate of drug-likeness (QED) is 0.422. The van der Waals surface area contributed by atoms with Gasteiger partial charge in [-0.2, -0.15) is 13.2 Å². The summed E-state index contributed by atoms with van der Waals surface area (Å²) in [6.07, 6.45) is -4.42. The minimum Gasteiger partial charge on any atom is -0.383 e. The fourth-order valence-electron chi connectivity index (χ4n) is 3.37. The SMILES string of the molecule is Cn1c(-c2ccc(NC(=O)c3ccccc3Cl)nc2N)cc2cc(C(F)(F)F)ccc21. The number of hydrogen-bond donors (Lipinski definition) is 2. The lowest BCUT2D eigenvalue weighted by Crippen LogP contribution is -2.14. The van der Waals surface area contributed by atoms with Crippen LogP contribution in [0, 0.1) is 0 Å². The molecule has 3 N–H and O–H groups in total. The molecule has 4 aromatic rings. The van der Waals surface area contributed by atoms with Gasteiger partial charge in [0.05, 0.1) is 21.8 Å². The molecule has 0 aliphatic rings. The third-order valence-electron chi connectivity index (χ3n) is 4.93. The number of benzene rings is 2. The van der Waals surface area contributed by atoms with Crippen molar-refractivity contribution in [3.05, 3.63) is 76.8 Å². The zero-order chi connectivity index (χ0) is 22.3. The molecule has 0 spiro atoms. The van der Waals surface area contributed by atoms with Crippen molar-refractivity contribution in [2.45, 2.75) is 6.18 Å². The van der Waals surface area contributed by atoms with Crippen molar-refractivity contribution in [3.8, 4) is 11.3 Å². The van der Waals surface area contributed by atoms with Crippen LogP contribution in [-0.4, -0.2) is 15.5 Å². The third kappa shape index (κ3) is 3.94. The number of aryl methyl sites for hydroxylation is 1. The molecule has 0 saturated carbocycles. The fourth-order valence-corrected chi connectivity index (χ4v) is 3.60. The molecule has 0 bridgehead atoms. The Kier molecular flexibility index (Phi) is 5.10. The van der Waals surface area contributed by atoms with E-state index in [1.165, 1.54) is 6.07 Å². The number of carbonyl (C=O) groups excluding carboxylic acids is 1. The Balaban J connectivity index is 1.67. The number of anilines is 2. The number of alkyl halides is 3. The number of rotatable bonds is 3. The average Bonchev–Trinajstić information content (AvgIpc) is 3.03. The van der Waals surface area contributed by atoms with Crippen molar-refractivity contribution in [2.75, 3.05) is 11.1 Å². The molecule has 0 fully saturated rings. The molecule has 0 saturated heterocycles. The zero-order valence-corrected chi connectivity index (χ0v) is 16.9. The van der Waals surface area contributed by atoms with E-state index in [0.717, 1.165) is 12.1 Å². The summed E-state index contributed by atoms with van der Waals surface area (Å²) in [6.45, 7) is 0. The Labute approximate surface area is 180 Å². The maximum Gasteiger partial charge on any atom is 0.416 e. The predicted molar refractivity (Wildman–Crippen MR) is 115 cm³/mol. The number of hydrogen-bond acceptors (Lipinski definition) is 3. The Hall–Kier alpha value is -3.52. The van der Waals surface area contributed by atoms with Crippen LogP contribution in [0.3, 0.4) is 0 Å². The van der Waals surface area contributed by atoms with Gasteiger partial charge in [0.2, 0.25) is 0 Å². The van der Waals surface area contributed by atoms with Gasteiger partial charge in [-0.05, 0) is 48.5 Å². The fraction of sp³-hybridized carbons (Fsp3) is 0.0909. The molecule has 4 rings (SSSR count). The molecule has 1 amide bonds. The van der Waals surface area contributed by atoms with Gasteiger partial charge < -0.3 is 15.6 Å². The topological polar surface area (TPSA) is 72.9 Å². The van der Waals surface area contributed by atoms with Gasteiger partial charge in [0.15, 0.2) is 0 Å². The first kappa shape index (κ1) is 20.7. The molecule has 31 heavy (non-hydrogen) atoms. The van der Waals surface area contributed by atoms with E-state index in [-0.39, 0.29) is 11.6 Å². The van der Waals surface area contributed by atoms with Crippen LogP contribution < -0.4 is 11.1 Å². The third-order valence-corrected chi connectivity index (χ3v) is 5.26. The van der Waals surface area contributed by atoms with Crippen LogP contribution >= 0.6 is 11.6 Å². The lowest BCUT2D eigenvalue weighted by atomic mass is 10.1. The van der Waals surface area contributed by atoms with Crippen molar-refractivity contribution >= 4 is 40.0 Å². The van der Waals surface area contributed by atoms with E-state index in [4.69, 9.17) is 17.3 Å². The van der Waals surface area contributed by atoms with Crippen molar-refractivity contribution in [1.29, 1.82) is 0 Å². The second-order valence-electron chi connectivity index (χ2n) is 6.92. The molecule has 2 aromatic carbocycles. The highest BCUT2D eigenvalue weighted by Gasteiger charge is 2.30. The van der Waals surface area contributed by atoms with Crippen LogP contribution in [0.1, 0.15) is 15.9 Å².